The van der Waals surface area contributed by atoms with Gasteiger partial charge in [-0.25, -0.2) is 8.42 Å². The lowest BCUT2D eigenvalue weighted by molar-refractivity contribution is -0.140. The summed E-state index contributed by atoms with van der Waals surface area (Å²) in [5, 5.41) is 3.37. The number of carbonyl (C=O) groups is 2. The highest BCUT2D eigenvalue weighted by Gasteiger charge is 2.35. The molecule has 2 amide bonds. The Labute approximate surface area is 277 Å². The van der Waals surface area contributed by atoms with E-state index in [9.17, 15) is 18.0 Å². The van der Waals surface area contributed by atoms with Crippen molar-refractivity contribution >= 4 is 39.1 Å². The average Bonchev–Trinajstić information content (AvgIpc) is 3.06. The van der Waals surface area contributed by atoms with Gasteiger partial charge in [-0.15, -0.1) is 0 Å². The number of aryl methyl sites for hydroxylation is 1. The first-order valence-corrected chi connectivity index (χ1v) is 17.1. The van der Waals surface area contributed by atoms with Crippen LogP contribution in [0.25, 0.3) is 0 Å². The maximum absolute atomic E-state index is 14.6. The number of amides is 2. The van der Waals surface area contributed by atoms with E-state index in [4.69, 9.17) is 16.3 Å². The molecule has 0 spiro atoms. The summed E-state index contributed by atoms with van der Waals surface area (Å²) in [7, 11) is -4.26. The van der Waals surface area contributed by atoms with Crippen LogP contribution in [-0.4, -0.2) is 50.9 Å². The van der Waals surface area contributed by atoms with Gasteiger partial charge in [0.1, 0.15) is 18.3 Å². The third-order valence-corrected chi connectivity index (χ3v) is 9.58. The Morgan fingerprint density at radius 2 is 1.52 bits per heavy atom. The molecule has 1 atom stereocenters. The number of ether oxygens (including phenoxy) is 1. The maximum atomic E-state index is 14.6. The molecule has 0 radical (unpaired) electrons. The zero-order valence-corrected chi connectivity index (χ0v) is 27.9. The lowest BCUT2D eigenvalue weighted by Gasteiger charge is -2.34. The fourth-order valence-electron chi connectivity index (χ4n) is 5.02. The molecule has 0 heterocycles. The number of halogens is 1. The molecule has 0 aromatic heterocycles. The predicted molar refractivity (Wildman–Crippen MR) is 183 cm³/mol. The minimum Gasteiger partial charge on any atom is -0.492 e. The molecule has 46 heavy (non-hydrogen) atoms. The van der Waals surface area contributed by atoms with Crippen LogP contribution in [-0.2, 0) is 32.6 Å². The van der Waals surface area contributed by atoms with Crippen LogP contribution < -0.4 is 14.4 Å². The quantitative estimate of drug-likeness (QED) is 0.159. The van der Waals surface area contributed by atoms with Gasteiger partial charge in [0.25, 0.3) is 10.0 Å². The molecule has 4 aromatic carbocycles. The Bertz CT molecular complexity index is 1720. The highest BCUT2D eigenvalue weighted by atomic mass is 35.5. The molecular formula is C36H40ClN3O5S. The number of hydrogen-bond acceptors (Lipinski definition) is 5. The molecule has 0 saturated carbocycles. The minimum absolute atomic E-state index is 0.0128. The summed E-state index contributed by atoms with van der Waals surface area (Å²) in [6.07, 6.45) is 0.922. The monoisotopic (exact) mass is 661 g/mol. The first kappa shape index (κ1) is 34.5. The number of sulfonamides is 1. The van der Waals surface area contributed by atoms with Gasteiger partial charge in [-0.05, 0) is 61.7 Å². The zero-order chi connectivity index (χ0) is 33.1. The van der Waals surface area contributed by atoms with Crippen LogP contribution in [0.4, 0.5) is 5.69 Å². The van der Waals surface area contributed by atoms with Crippen molar-refractivity contribution in [1.29, 1.82) is 0 Å². The van der Waals surface area contributed by atoms with Gasteiger partial charge in [0, 0.05) is 24.5 Å². The van der Waals surface area contributed by atoms with Gasteiger partial charge in [-0.1, -0.05) is 96.9 Å². The molecule has 242 valence electrons. The van der Waals surface area contributed by atoms with Crippen LogP contribution in [0, 0.1) is 6.92 Å². The zero-order valence-electron chi connectivity index (χ0n) is 26.4. The highest BCUT2D eigenvalue weighted by Crippen LogP contribution is 2.33. The number of para-hydroxylation sites is 2. The summed E-state index contributed by atoms with van der Waals surface area (Å²) < 4.78 is 35.5. The van der Waals surface area contributed by atoms with E-state index in [1.807, 2.05) is 44.2 Å². The molecule has 10 heteroatoms. The van der Waals surface area contributed by atoms with Crippen LogP contribution in [0.1, 0.15) is 37.0 Å². The lowest BCUT2D eigenvalue weighted by Crippen LogP contribution is -2.53. The van der Waals surface area contributed by atoms with Crippen molar-refractivity contribution in [3.05, 3.63) is 125 Å². The van der Waals surface area contributed by atoms with E-state index < -0.39 is 28.5 Å². The Morgan fingerprint density at radius 3 is 2.20 bits per heavy atom. The second-order valence-electron chi connectivity index (χ2n) is 10.8. The molecule has 0 bridgehead atoms. The molecule has 0 fully saturated rings. The molecule has 1 N–H and O–H groups in total. The Kier molecular flexibility index (Phi) is 12.2. The van der Waals surface area contributed by atoms with Crippen LogP contribution in [0.3, 0.4) is 0 Å². The molecule has 1 unspecified atom stereocenters. The van der Waals surface area contributed by atoms with Gasteiger partial charge in [0.05, 0.1) is 17.2 Å². The molecular weight excluding hydrogens is 622 g/mol. The molecule has 0 aliphatic heterocycles. The van der Waals surface area contributed by atoms with Gasteiger partial charge in [0.2, 0.25) is 11.8 Å². The predicted octanol–water partition coefficient (Wildman–Crippen LogP) is 6.41. The summed E-state index contributed by atoms with van der Waals surface area (Å²) in [5.74, 6) is -0.601. The van der Waals surface area contributed by atoms with Crippen molar-refractivity contribution in [2.45, 2.75) is 51.1 Å². The second kappa shape index (κ2) is 16.3. The number of nitrogens with one attached hydrogen (secondary N) is 1. The van der Waals surface area contributed by atoms with Crippen molar-refractivity contribution in [3.8, 4) is 5.75 Å². The molecule has 0 aliphatic rings. The number of nitrogens with zero attached hydrogens (tertiary/aromatic N) is 2. The van der Waals surface area contributed by atoms with Gasteiger partial charge in [-0.3, -0.25) is 13.9 Å². The smallest absolute Gasteiger partial charge is 0.264 e. The fraction of sp³-hybridized carbons (Fsp3) is 0.278. The molecule has 4 aromatic rings. The van der Waals surface area contributed by atoms with E-state index in [1.54, 1.807) is 67.6 Å². The molecule has 0 saturated heterocycles. The van der Waals surface area contributed by atoms with Crippen LogP contribution in [0.15, 0.2) is 108 Å². The van der Waals surface area contributed by atoms with Gasteiger partial charge >= 0.3 is 0 Å². The Balaban J connectivity index is 1.84. The second-order valence-corrected chi connectivity index (χ2v) is 13.1. The Hall–Kier alpha value is -4.34. The van der Waals surface area contributed by atoms with Crippen LogP contribution in [0.5, 0.6) is 5.75 Å². The van der Waals surface area contributed by atoms with Crippen molar-refractivity contribution < 1.29 is 22.7 Å². The van der Waals surface area contributed by atoms with Crippen LogP contribution >= 0.6 is 11.6 Å². The van der Waals surface area contributed by atoms with Crippen molar-refractivity contribution in [3.63, 3.8) is 0 Å². The van der Waals surface area contributed by atoms with E-state index in [1.165, 1.54) is 17.0 Å². The molecule has 0 aliphatic carbocycles. The summed E-state index contributed by atoms with van der Waals surface area (Å²) in [6, 6.07) is 28.7. The normalized spacial score (nSPS) is 11.8. The number of benzene rings is 4. The van der Waals surface area contributed by atoms with Gasteiger partial charge < -0.3 is 15.0 Å². The fourth-order valence-corrected chi connectivity index (χ4v) is 6.64. The first-order valence-electron chi connectivity index (χ1n) is 15.3. The maximum Gasteiger partial charge on any atom is 0.264 e. The van der Waals surface area contributed by atoms with E-state index in [-0.39, 0.29) is 29.5 Å². The number of anilines is 1. The van der Waals surface area contributed by atoms with Gasteiger partial charge in [0.15, 0.2) is 0 Å². The lowest BCUT2D eigenvalue weighted by atomic mass is 10.0. The molecule has 4 rings (SSSR count). The average molecular weight is 662 g/mol. The van der Waals surface area contributed by atoms with E-state index in [0.29, 0.717) is 35.9 Å². The largest absolute Gasteiger partial charge is 0.492 e. The third kappa shape index (κ3) is 8.68. The number of hydrogen-bond donors (Lipinski definition) is 1. The number of rotatable bonds is 15. The van der Waals surface area contributed by atoms with Crippen molar-refractivity contribution in [2.75, 3.05) is 24.0 Å². The van der Waals surface area contributed by atoms with E-state index in [2.05, 4.69) is 5.32 Å². The van der Waals surface area contributed by atoms with Crippen molar-refractivity contribution in [1.82, 2.24) is 10.2 Å². The van der Waals surface area contributed by atoms with Crippen molar-refractivity contribution in [2.24, 2.45) is 0 Å². The summed E-state index contributed by atoms with van der Waals surface area (Å²) in [6.45, 7) is 5.73. The summed E-state index contributed by atoms with van der Waals surface area (Å²) in [4.78, 5) is 29.8. The Morgan fingerprint density at radius 1 is 0.870 bits per heavy atom. The first-order chi connectivity index (χ1) is 22.1. The minimum atomic E-state index is -4.26. The van der Waals surface area contributed by atoms with E-state index in [0.717, 1.165) is 15.4 Å². The highest BCUT2D eigenvalue weighted by molar-refractivity contribution is 7.92. The molecule has 8 nitrogen and oxygen atoms in total. The summed E-state index contributed by atoms with van der Waals surface area (Å²) >= 11 is 6.56. The number of carbonyl (C=O) groups excluding carboxylic acids is 2. The van der Waals surface area contributed by atoms with Crippen LogP contribution in [0.2, 0.25) is 5.02 Å². The topological polar surface area (TPSA) is 96.0 Å². The SMILES string of the molecule is CCCNC(=O)C(Cc1ccccc1)N(Cc1ccccc1Cl)C(=O)CN(c1ccccc1OCC)S(=O)(=O)c1ccc(C)cc1. The third-order valence-electron chi connectivity index (χ3n) is 7.44. The van der Waals surface area contributed by atoms with E-state index >= 15 is 0 Å². The summed E-state index contributed by atoms with van der Waals surface area (Å²) in [5.41, 5.74) is 2.58. The van der Waals surface area contributed by atoms with Gasteiger partial charge in [-0.2, -0.15) is 0 Å². The standard InChI is InChI=1S/C36H40ClN3O5S/c1-4-23-38-36(42)33(24-28-13-7-6-8-14-28)39(25-29-15-9-10-16-31(29)37)35(41)26-40(32-17-11-12-18-34(32)45-5-2)46(43,44)30-21-19-27(3)20-22-30/h6-22,33H,4-5,23-26H2,1-3H3,(H,38,42).